The second-order valence-corrected chi connectivity index (χ2v) is 6.87. The Labute approximate surface area is 109 Å². The lowest BCUT2D eigenvalue weighted by Gasteiger charge is -2.18. The van der Waals surface area contributed by atoms with Crippen LogP contribution in [0.25, 0.3) is 0 Å². The molecule has 100 valence electrons. The first-order chi connectivity index (χ1) is 7.88. The van der Waals surface area contributed by atoms with E-state index in [1.165, 1.54) is 12.8 Å². The fraction of sp³-hybridized carbons (Fsp3) is 0.900. The van der Waals surface area contributed by atoms with Crippen molar-refractivity contribution in [2.45, 2.75) is 37.5 Å². The first-order valence-corrected chi connectivity index (χ1v) is 7.82. The summed E-state index contributed by atoms with van der Waals surface area (Å²) in [6, 6.07) is 0.636. The van der Waals surface area contributed by atoms with Crippen molar-refractivity contribution in [1.82, 2.24) is 9.62 Å². The van der Waals surface area contributed by atoms with E-state index < -0.39 is 15.3 Å². The predicted molar refractivity (Wildman–Crippen MR) is 73.4 cm³/mol. The van der Waals surface area contributed by atoms with Gasteiger partial charge >= 0.3 is 0 Å². The number of hydrogen-bond acceptors (Lipinski definition) is 4. The zero-order chi connectivity index (χ0) is 13.1. The van der Waals surface area contributed by atoms with Gasteiger partial charge in [-0.2, -0.15) is 0 Å². The van der Waals surface area contributed by atoms with Crippen LogP contribution in [0.3, 0.4) is 0 Å². The molecule has 0 aromatic heterocycles. The molecule has 1 fully saturated rings. The molecule has 1 atom stereocenters. The van der Waals surface area contributed by atoms with Gasteiger partial charge in [-0.25, -0.2) is 13.1 Å². The molecular weight excluding hydrogens is 258 g/mol. The van der Waals surface area contributed by atoms with Crippen LogP contribution in [-0.4, -0.2) is 49.7 Å². The van der Waals surface area contributed by atoms with Crippen molar-refractivity contribution in [2.75, 3.05) is 20.1 Å². The number of likely N-dealkylation sites (N-methyl/N-ethyl adjacent to an activating group) is 1. The Balaban J connectivity index is 2.40. The highest BCUT2D eigenvalue weighted by Gasteiger charge is 2.28. The first-order valence-electron chi connectivity index (χ1n) is 5.86. The molecule has 0 aromatic rings. The van der Waals surface area contributed by atoms with Crippen molar-refractivity contribution >= 4 is 27.2 Å². The largest absolute Gasteiger partial charge is 0.392 e. The molecule has 1 saturated carbocycles. The molecule has 0 amide bonds. The van der Waals surface area contributed by atoms with Crippen molar-refractivity contribution in [2.24, 2.45) is 5.73 Å². The first kappa shape index (κ1) is 14.8. The minimum Gasteiger partial charge on any atom is -0.392 e. The van der Waals surface area contributed by atoms with Crippen molar-refractivity contribution in [3.05, 3.63) is 0 Å². The van der Waals surface area contributed by atoms with Gasteiger partial charge in [-0.15, -0.1) is 0 Å². The molecular formula is C10H21N3O2S2. The molecule has 1 aliphatic rings. The van der Waals surface area contributed by atoms with E-state index in [2.05, 4.69) is 9.62 Å². The number of thiocarbonyl (C=S) groups is 1. The predicted octanol–water partition coefficient (Wildman–Crippen LogP) is 0.0647. The van der Waals surface area contributed by atoms with E-state index >= 15 is 0 Å². The fourth-order valence-corrected chi connectivity index (χ4v) is 3.60. The van der Waals surface area contributed by atoms with Gasteiger partial charge in [0.1, 0.15) is 5.25 Å². The van der Waals surface area contributed by atoms with Crippen LogP contribution in [0.5, 0.6) is 0 Å². The van der Waals surface area contributed by atoms with Crippen LogP contribution in [0.4, 0.5) is 0 Å². The molecule has 1 unspecified atom stereocenters. The maximum atomic E-state index is 11.9. The van der Waals surface area contributed by atoms with Crippen LogP contribution >= 0.6 is 12.2 Å². The average molecular weight is 279 g/mol. The molecule has 5 nitrogen and oxygen atoms in total. The summed E-state index contributed by atoms with van der Waals surface area (Å²) in [5.41, 5.74) is 5.42. The molecule has 0 saturated heterocycles. The van der Waals surface area contributed by atoms with E-state index in [1.807, 2.05) is 7.05 Å². The SMILES string of the molecule is CCC(C(N)=S)S(=O)(=O)NCCN(C)C1CC1. The standard InChI is InChI=1S/C10H21N3O2S2/c1-3-9(10(11)16)17(14,15)12-6-7-13(2)8-4-5-8/h8-9,12H,3-7H2,1-2H3,(H2,11,16). The number of nitrogens with zero attached hydrogens (tertiary/aromatic N) is 1. The second kappa shape index (κ2) is 6.08. The van der Waals surface area contributed by atoms with E-state index in [0.717, 1.165) is 6.54 Å². The molecule has 3 N–H and O–H groups in total. The smallest absolute Gasteiger partial charge is 0.221 e. The van der Waals surface area contributed by atoms with Crippen molar-refractivity contribution in [3.8, 4) is 0 Å². The molecule has 0 bridgehead atoms. The third-order valence-electron chi connectivity index (χ3n) is 3.00. The zero-order valence-electron chi connectivity index (χ0n) is 10.3. The lowest BCUT2D eigenvalue weighted by atomic mass is 10.3. The van der Waals surface area contributed by atoms with Crippen LogP contribution in [0.15, 0.2) is 0 Å². The highest BCUT2D eigenvalue weighted by molar-refractivity contribution is 7.93. The van der Waals surface area contributed by atoms with E-state index in [0.29, 0.717) is 19.0 Å². The molecule has 0 aromatic carbocycles. The van der Waals surface area contributed by atoms with Crippen molar-refractivity contribution in [3.63, 3.8) is 0 Å². The monoisotopic (exact) mass is 279 g/mol. The third kappa shape index (κ3) is 4.50. The molecule has 7 heteroatoms. The summed E-state index contributed by atoms with van der Waals surface area (Å²) in [5, 5.41) is -0.760. The average Bonchev–Trinajstić information content (AvgIpc) is 2.99. The Morgan fingerprint density at radius 2 is 2.18 bits per heavy atom. The van der Waals surface area contributed by atoms with Crippen LogP contribution in [0.1, 0.15) is 26.2 Å². The Bertz CT molecular complexity index is 366. The maximum absolute atomic E-state index is 11.9. The lowest BCUT2D eigenvalue weighted by molar-refractivity contribution is 0.329. The summed E-state index contributed by atoms with van der Waals surface area (Å²) in [5.74, 6) is 0. The van der Waals surface area contributed by atoms with Gasteiger partial charge in [0, 0.05) is 19.1 Å². The van der Waals surface area contributed by atoms with Gasteiger partial charge in [-0.1, -0.05) is 19.1 Å². The summed E-state index contributed by atoms with van der Waals surface area (Å²) in [7, 11) is -1.40. The van der Waals surface area contributed by atoms with Gasteiger partial charge in [0.05, 0.1) is 4.99 Å². The number of hydrogen-bond donors (Lipinski definition) is 2. The Morgan fingerprint density at radius 3 is 2.59 bits per heavy atom. The normalized spacial score (nSPS) is 18.3. The van der Waals surface area contributed by atoms with Gasteiger partial charge in [0.15, 0.2) is 0 Å². The number of nitrogens with two attached hydrogens (primary N) is 1. The summed E-state index contributed by atoms with van der Waals surface area (Å²) in [6.45, 7) is 2.89. The van der Waals surface area contributed by atoms with E-state index in [-0.39, 0.29) is 4.99 Å². The number of rotatable bonds is 8. The molecule has 0 spiro atoms. The Kier molecular flexibility index (Phi) is 5.30. The second-order valence-electron chi connectivity index (χ2n) is 4.45. The molecule has 17 heavy (non-hydrogen) atoms. The Morgan fingerprint density at radius 1 is 1.59 bits per heavy atom. The highest BCUT2D eigenvalue weighted by atomic mass is 32.2. The van der Waals surface area contributed by atoms with Gasteiger partial charge in [-0.05, 0) is 26.3 Å². The van der Waals surface area contributed by atoms with Crippen LogP contribution in [-0.2, 0) is 10.0 Å². The molecule has 1 rings (SSSR count). The summed E-state index contributed by atoms with van der Waals surface area (Å²) in [4.78, 5) is 2.21. The van der Waals surface area contributed by atoms with Gasteiger partial charge in [0.2, 0.25) is 10.0 Å². The number of nitrogens with one attached hydrogen (secondary N) is 1. The maximum Gasteiger partial charge on any atom is 0.221 e. The van der Waals surface area contributed by atoms with E-state index in [1.54, 1.807) is 6.92 Å². The fourth-order valence-electron chi connectivity index (χ4n) is 1.74. The van der Waals surface area contributed by atoms with Gasteiger partial charge < -0.3 is 10.6 Å². The summed E-state index contributed by atoms with van der Waals surface area (Å²) < 4.78 is 26.3. The third-order valence-corrected chi connectivity index (χ3v) is 5.38. The molecule has 1 aliphatic carbocycles. The van der Waals surface area contributed by atoms with Crippen molar-refractivity contribution < 1.29 is 8.42 Å². The molecule has 0 radical (unpaired) electrons. The van der Waals surface area contributed by atoms with Crippen LogP contribution in [0.2, 0.25) is 0 Å². The number of sulfonamides is 1. The zero-order valence-corrected chi connectivity index (χ0v) is 12.0. The van der Waals surface area contributed by atoms with Crippen LogP contribution in [0, 0.1) is 0 Å². The topological polar surface area (TPSA) is 75.4 Å². The molecule has 0 aliphatic heterocycles. The summed E-state index contributed by atoms with van der Waals surface area (Å²) in [6.07, 6.45) is 2.84. The van der Waals surface area contributed by atoms with E-state index in [4.69, 9.17) is 18.0 Å². The molecule has 0 heterocycles. The lowest BCUT2D eigenvalue weighted by Crippen LogP contribution is -2.43. The Hall–Kier alpha value is -0.240. The highest BCUT2D eigenvalue weighted by Crippen LogP contribution is 2.24. The van der Waals surface area contributed by atoms with Crippen molar-refractivity contribution in [1.29, 1.82) is 0 Å². The minimum absolute atomic E-state index is 0.0375. The minimum atomic E-state index is -3.42. The van der Waals surface area contributed by atoms with E-state index in [9.17, 15) is 8.42 Å². The van der Waals surface area contributed by atoms with Gasteiger partial charge in [-0.3, -0.25) is 0 Å². The summed E-state index contributed by atoms with van der Waals surface area (Å²) >= 11 is 4.77. The van der Waals surface area contributed by atoms with Crippen LogP contribution < -0.4 is 10.5 Å². The van der Waals surface area contributed by atoms with Gasteiger partial charge in [0.25, 0.3) is 0 Å². The quantitative estimate of drug-likeness (QED) is 0.615.